The molecule has 2 aliphatic rings. The lowest BCUT2D eigenvalue weighted by atomic mass is 10.1. The van der Waals surface area contributed by atoms with Crippen LogP contribution in [0.2, 0.25) is 5.02 Å². The first-order valence-electron chi connectivity index (χ1n) is 6.46. The van der Waals surface area contributed by atoms with Crippen LogP contribution in [0.4, 0.5) is 0 Å². The van der Waals surface area contributed by atoms with Gasteiger partial charge < -0.3 is 10.5 Å². The molecule has 98 valence electrons. The van der Waals surface area contributed by atoms with E-state index in [1.165, 1.54) is 11.3 Å². The number of hydrogen-bond acceptors (Lipinski definition) is 3. The summed E-state index contributed by atoms with van der Waals surface area (Å²) in [6.45, 7) is 0. The lowest BCUT2D eigenvalue weighted by Crippen LogP contribution is -2.24. The highest BCUT2D eigenvalue weighted by Crippen LogP contribution is 2.37. The van der Waals surface area contributed by atoms with E-state index in [2.05, 4.69) is 6.07 Å². The molecule has 3 rings (SSSR count). The van der Waals surface area contributed by atoms with Crippen LogP contribution in [-0.2, 0) is 6.42 Å². The van der Waals surface area contributed by atoms with Crippen LogP contribution in [0.5, 0.6) is 5.75 Å². The van der Waals surface area contributed by atoms with Crippen LogP contribution in [0, 0.1) is 0 Å². The van der Waals surface area contributed by atoms with Crippen molar-refractivity contribution >= 4 is 23.4 Å². The Morgan fingerprint density at radius 3 is 2.89 bits per heavy atom. The smallest absolute Gasteiger partial charge is 0.138 e. The minimum Gasteiger partial charge on any atom is -0.488 e. The maximum absolute atomic E-state index is 6.28. The molecule has 0 spiro atoms. The first-order valence-corrected chi connectivity index (χ1v) is 8.00. The monoisotopic (exact) mass is 283 g/mol. The van der Waals surface area contributed by atoms with E-state index in [1.807, 2.05) is 23.9 Å². The van der Waals surface area contributed by atoms with Crippen LogP contribution in [0.3, 0.4) is 0 Å². The molecule has 1 aliphatic heterocycles. The summed E-state index contributed by atoms with van der Waals surface area (Å²) >= 11 is 8.23. The molecule has 1 aliphatic carbocycles. The Hall–Kier alpha value is -0.380. The molecule has 18 heavy (non-hydrogen) atoms. The average molecular weight is 284 g/mol. The van der Waals surface area contributed by atoms with Gasteiger partial charge in [0.25, 0.3) is 0 Å². The molecule has 1 atom stereocenters. The Kier molecular flexibility index (Phi) is 3.48. The molecule has 1 saturated heterocycles. The first kappa shape index (κ1) is 12.6. The Labute approximate surface area is 117 Å². The highest BCUT2D eigenvalue weighted by molar-refractivity contribution is 7.99. The molecule has 0 amide bonds. The summed E-state index contributed by atoms with van der Waals surface area (Å²) in [4.78, 5) is 0. The Morgan fingerprint density at radius 2 is 2.28 bits per heavy atom. The number of thioether (sulfide) groups is 1. The molecule has 4 heteroatoms. The molecule has 1 aromatic carbocycles. The fraction of sp³-hybridized carbons (Fsp3) is 0.571. The van der Waals surface area contributed by atoms with Crippen molar-refractivity contribution < 1.29 is 4.74 Å². The van der Waals surface area contributed by atoms with Crippen molar-refractivity contribution in [1.82, 2.24) is 0 Å². The van der Waals surface area contributed by atoms with Crippen molar-refractivity contribution in [2.75, 3.05) is 11.5 Å². The highest BCUT2D eigenvalue weighted by Gasteiger charge is 2.38. The van der Waals surface area contributed by atoms with Gasteiger partial charge in [-0.1, -0.05) is 17.7 Å². The molecular weight excluding hydrogens is 266 g/mol. The Balaban J connectivity index is 1.68. The number of hydrogen-bond donors (Lipinski definition) is 1. The number of halogens is 1. The normalized spacial score (nSPS) is 25.1. The van der Waals surface area contributed by atoms with E-state index < -0.39 is 0 Å². The van der Waals surface area contributed by atoms with Gasteiger partial charge in [-0.15, -0.1) is 0 Å². The minimum atomic E-state index is 0.0355. The topological polar surface area (TPSA) is 35.2 Å². The SMILES string of the molecule is NC1(Cc2ccc(OC3CCSC3)c(Cl)c2)CC1. The van der Waals surface area contributed by atoms with Crippen molar-refractivity contribution in [2.45, 2.75) is 37.3 Å². The molecule has 1 saturated carbocycles. The predicted molar refractivity (Wildman–Crippen MR) is 77.7 cm³/mol. The van der Waals surface area contributed by atoms with Crippen molar-refractivity contribution in [3.8, 4) is 5.75 Å². The summed E-state index contributed by atoms with van der Waals surface area (Å²) in [5.41, 5.74) is 7.37. The lowest BCUT2D eigenvalue weighted by Gasteiger charge is -2.15. The summed E-state index contributed by atoms with van der Waals surface area (Å²) < 4.78 is 5.92. The van der Waals surface area contributed by atoms with Gasteiger partial charge in [0, 0.05) is 11.3 Å². The number of nitrogens with two attached hydrogens (primary N) is 1. The van der Waals surface area contributed by atoms with E-state index >= 15 is 0 Å². The van der Waals surface area contributed by atoms with Crippen molar-refractivity contribution in [1.29, 1.82) is 0 Å². The van der Waals surface area contributed by atoms with Gasteiger partial charge in [-0.3, -0.25) is 0 Å². The summed E-state index contributed by atoms with van der Waals surface area (Å²) in [5, 5.41) is 0.716. The summed E-state index contributed by atoms with van der Waals surface area (Å²) in [5.74, 6) is 3.08. The zero-order valence-corrected chi connectivity index (χ0v) is 11.9. The van der Waals surface area contributed by atoms with E-state index in [1.54, 1.807) is 0 Å². The van der Waals surface area contributed by atoms with E-state index in [0.29, 0.717) is 11.1 Å². The van der Waals surface area contributed by atoms with Gasteiger partial charge in [0.1, 0.15) is 11.9 Å². The molecule has 1 aromatic rings. The summed E-state index contributed by atoms with van der Waals surface area (Å²) in [6, 6.07) is 6.09. The first-order chi connectivity index (χ1) is 8.65. The third-order valence-electron chi connectivity index (χ3n) is 3.63. The van der Waals surface area contributed by atoms with Crippen LogP contribution in [0.25, 0.3) is 0 Å². The molecule has 2 nitrogen and oxygen atoms in total. The molecule has 1 heterocycles. The van der Waals surface area contributed by atoms with Gasteiger partial charge in [-0.05, 0) is 49.1 Å². The largest absolute Gasteiger partial charge is 0.488 e. The fourth-order valence-electron chi connectivity index (χ4n) is 2.28. The predicted octanol–water partition coefficient (Wildman–Crippen LogP) is 3.26. The van der Waals surface area contributed by atoms with Gasteiger partial charge in [0.2, 0.25) is 0 Å². The summed E-state index contributed by atoms with van der Waals surface area (Å²) in [6.07, 6.45) is 4.62. The van der Waals surface area contributed by atoms with Gasteiger partial charge in [0.15, 0.2) is 0 Å². The van der Waals surface area contributed by atoms with Crippen molar-refractivity contribution in [2.24, 2.45) is 5.73 Å². The zero-order chi connectivity index (χ0) is 12.6. The van der Waals surface area contributed by atoms with E-state index in [9.17, 15) is 0 Å². The van der Waals surface area contributed by atoms with Crippen LogP contribution < -0.4 is 10.5 Å². The minimum absolute atomic E-state index is 0.0355. The van der Waals surface area contributed by atoms with Crippen molar-refractivity contribution in [3.63, 3.8) is 0 Å². The van der Waals surface area contributed by atoms with Crippen LogP contribution >= 0.6 is 23.4 Å². The standard InChI is InChI=1S/C14H18ClNOS/c15-12-7-10(8-14(16)4-5-14)1-2-13(12)17-11-3-6-18-9-11/h1-2,7,11H,3-6,8-9,16H2. The Bertz CT molecular complexity index is 441. The third kappa shape index (κ3) is 2.95. The van der Waals surface area contributed by atoms with Gasteiger partial charge in [-0.2, -0.15) is 11.8 Å². The molecular formula is C14H18ClNOS. The number of ether oxygens (including phenoxy) is 1. The van der Waals surface area contributed by atoms with Gasteiger partial charge in [-0.25, -0.2) is 0 Å². The second kappa shape index (κ2) is 4.95. The van der Waals surface area contributed by atoms with Crippen molar-refractivity contribution in [3.05, 3.63) is 28.8 Å². The molecule has 0 bridgehead atoms. The molecule has 1 unspecified atom stereocenters. The number of benzene rings is 1. The summed E-state index contributed by atoms with van der Waals surface area (Å²) in [7, 11) is 0. The quantitative estimate of drug-likeness (QED) is 0.921. The maximum Gasteiger partial charge on any atom is 0.138 e. The Morgan fingerprint density at radius 1 is 1.44 bits per heavy atom. The van der Waals surface area contributed by atoms with E-state index in [4.69, 9.17) is 22.1 Å². The van der Waals surface area contributed by atoms with Gasteiger partial charge >= 0.3 is 0 Å². The highest BCUT2D eigenvalue weighted by atomic mass is 35.5. The van der Waals surface area contributed by atoms with E-state index in [0.717, 1.165) is 37.2 Å². The molecule has 2 N–H and O–H groups in total. The maximum atomic E-state index is 6.28. The lowest BCUT2D eigenvalue weighted by molar-refractivity contribution is 0.229. The zero-order valence-electron chi connectivity index (χ0n) is 10.3. The molecule has 0 aromatic heterocycles. The second-order valence-corrected chi connectivity index (χ2v) is 6.96. The average Bonchev–Trinajstić information content (AvgIpc) is 2.86. The van der Waals surface area contributed by atoms with Crippen LogP contribution in [0.15, 0.2) is 18.2 Å². The van der Waals surface area contributed by atoms with Gasteiger partial charge in [0.05, 0.1) is 5.02 Å². The van der Waals surface area contributed by atoms with Crippen LogP contribution in [-0.4, -0.2) is 23.1 Å². The number of rotatable bonds is 4. The van der Waals surface area contributed by atoms with Crippen LogP contribution in [0.1, 0.15) is 24.8 Å². The molecule has 0 radical (unpaired) electrons. The van der Waals surface area contributed by atoms with E-state index in [-0.39, 0.29) is 5.54 Å². The third-order valence-corrected chi connectivity index (χ3v) is 5.05. The molecule has 2 fully saturated rings. The second-order valence-electron chi connectivity index (χ2n) is 5.41. The fourth-order valence-corrected chi connectivity index (χ4v) is 3.62.